The fourth-order valence-corrected chi connectivity index (χ4v) is 6.41. The summed E-state index contributed by atoms with van der Waals surface area (Å²) in [6.45, 7) is 1.92. The van der Waals surface area contributed by atoms with Crippen molar-refractivity contribution in [3.8, 4) is 11.8 Å². The molecule has 1 saturated heterocycles. The van der Waals surface area contributed by atoms with Crippen molar-refractivity contribution < 1.29 is 14.3 Å². The average Bonchev–Trinajstić information content (AvgIpc) is 3.52. The normalized spacial score (nSPS) is 17.6. The molecular formula is C34H36ClN7O3. The van der Waals surface area contributed by atoms with Crippen LogP contribution >= 0.6 is 11.6 Å². The van der Waals surface area contributed by atoms with E-state index in [0.29, 0.717) is 71.2 Å². The first-order valence-corrected chi connectivity index (χ1v) is 15.9. The number of benzene rings is 2. The summed E-state index contributed by atoms with van der Waals surface area (Å²) in [6.07, 6.45) is 9.55. The molecule has 232 valence electrons. The summed E-state index contributed by atoms with van der Waals surface area (Å²) in [6, 6.07) is 16.0. The number of nitrogens with one attached hydrogen (secondary N) is 3. The number of likely N-dealkylation sites (tertiary alicyclic amines) is 1. The van der Waals surface area contributed by atoms with E-state index in [1.807, 2.05) is 47.4 Å². The summed E-state index contributed by atoms with van der Waals surface area (Å²) in [5.41, 5.74) is 2.55. The molecule has 3 heterocycles. The number of aromatic nitrogens is 2. The third kappa shape index (κ3) is 7.21. The van der Waals surface area contributed by atoms with Crippen LogP contribution in [0.1, 0.15) is 62.1 Å². The molecule has 2 aliphatic heterocycles. The van der Waals surface area contributed by atoms with Gasteiger partial charge < -0.3 is 25.6 Å². The highest BCUT2D eigenvalue weighted by Crippen LogP contribution is 2.34. The second kappa shape index (κ2) is 14.0. The number of piperidine rings is 1. The molecule has 0 spiro atoms. The standard InChI is InChI=1S/C34H36ClN7O3/c35-28-19-25(10-11-30(28)45-26-13-16-42(17-14-26)34(44)23-8-4-5-9-23)40-32-27-18-24(12-15-37-31(27)38-21-39-32)33(43)41-29(20-36)22-6-2-1-3-7-22/h1-3,6-7,10-11,18-19,21,23,26,29H,4-5,8-9,12-17H2,(H,41,43)(H2,37,38,39,40). The van der Waals surface area contributed by atoms with Crippen LogP contribution in [0.3, 0.4) is 0 Å². The lowest BCUT2D eigenvalue weighted by atomic mass is 10.0. The maximum absolute atomic E-state index is 13.3. The highest BCUT2D eigenvalue weighted by atomic mass is 35.5. The molecular weight excluding hydrogens is 590 g/mol. The lowest BCUT2D eigenvalue weighted by molar-refractivity contribution is -0.137. The number of fused-ring (bicyclic) bond motifs is 1. The van der Waals surface area contributed by atoms with E-state index in [0.717, 1.165) is 44.1 Å². The molecule has 1 aliphatic carbocycles. The second-order valence-electron chi connectivity index (χ2n) is 11.7. The van der Waals surface area contributed by atoms with Crippen LogP contribution in [-0.4, -0.2) is 52.4 Å². The van der Waals surface area contributed by atoms with Crippen molar-refractivity contribution >= 4 is 46.8 Å². The van der Waals surface area contributed by atoms with Gasteiger partial charge in [-0.1, -0.05) is 54.8 Å². The average molecular weight is 626 g/mol. The van der Waals surface area contributed by atoms with E-state index in [4.69, 9.17) is 16.3 Å². The molecule has 0 bridgehead atoms. The Bertz CT molecular complexity index is 1610. The van der Waals surface area contributed by atoms with Crippen LogP contribution in [0.2, 0.25) is 5.02 Å². The van der Waals surface area contributed by atoms with Crippen molar-refractivity contribution in [2.24, 2.45) is 5.92 Å². The number of amides is 2. The van der Waals surface area contributed by atoms with Gasteiger partial charge in [-0.2, -0.15) is 5.26 Å². The van der Waals surface area contributed by atoms with E-state index < -0.39 is 6.04 Å². The molecule has 1 saturated carbocycles. The van der Waals surface area contributed by atoms with Crippen LogP contribution in [0.25, 0.3) is 6.08 Å². The third-order valence-corrected chi connectivity index (χ3v) is 8.96. The zero-order valence-electron chi connectivity index (χ0n) is 25.0. The van der Waals surface area contributed by atoms with Gasteiger partial charge >= 0.3 is 0 Å². The molecule has 11 heteroatoms. The van der Waals surface area contributed by atoms with Gasteiger partial charge in [-0.25, -0.2) is 9.97 Å². The second-order valence-corrected chi connectivity index (χ2v) is 12.1. The zero-order chi connectivity index (χ0) is 31.2. The summed E-state index contributed by atoms with van der Waals surface area (Å²) in [7, 11) is 0. The Hall–Kier alpha value is -4.62. The van der Waals surface area contributed by atoms with Gasteiger partial charge in [0, 0.05) is 49.7 Å². The van der Waals surface area contributed by atoms with Crippen molar-refractivity contribution in [3.05, 3.63) is 76.6 Å². The van der Waals surface area contributed by atoms with E-state index >= 15 is 0 Å². The fraction of sp³-hybridized carbons (Fsp3) is 0.382. The van der Waals surface area contributed by atoms with Crippen molar-refractivity contribution in [2.75, 3.05) is 30.3 Å². The van der Waals surface area contributed by atoms with Crippen LogP contribution < -0.4 is 20.7 Å². The van der Waals surface area contributed by atoms with Crippen LogP contribution in [0.5, 0.6) is 5.75 Å². The first kappa shape index (κ1) is 30.4. The molecule has 1 atom stereocenters. The molecule has 45 heavy (non-hydrogen) atoms. The number of halogens is 1. The van der Waals surface area contributed by atoms with Crippen molar-refractivity contribution in [1.29, 1.82) is 5.26 Å². The number of ether oxygens (including phenoxy) is 1. The van der Waals surface area contributed by atoms with Crippen LogP contribution in [0.4, 0.5) is 17.3 Å². The summed E-state index contributed by atoms with van der Waals surface area (Å²) < 4.78 is 6.25. The largest absolute Gasteiger partial charge is 0.489 e. The molecule has 3 aromatic rings. The van der Waals surface area contributed by atoms with E-state index in [1.54, 1.807) is 12.1 Å². The monoisotopic (exact) mass is 625 g/mol. The van der Waals surface area contributed by atoms with Gasteiger partial charge in [0.2, 0.25) is 11.8 Å². The minimum absolute atomic E-state index is 0.00475. The Kier molecular flexibility index (Phi) is 9.46. The molecule has 1 aromatic heterocycles. The minimum atomic E-state index is -0.769. The quantitative estimate of drug-likeness (QED) is 0.277. The molecule has 2 amide bonds. The van der Waals surface area contributed by atoms with E-state index in [-0.39, 0.29) is 17.9 Å². The maximum Gasteiger partial charge on any atom is 0.248 e. The smallest absolute Gasteiger partial charge is 0.248 e. The Labute approximate surface area is 267 Å². The predicted molar refractivity (Wildman–Crippen MR) is 173 cm³/mol. The van der Waals surface area contributed by atoms with Gasteiger partial charge in [0.15, 0.2) is 0 Å². The molecule has 10 nitrogen and oxygen atoms in total. The Morgan fingerprint density at radius 1 is 1.07 bits per heavy atom. The maximum atomic E-state index is 13.3. The van der Waals surface area contributed by atoms with Crippen molar-refractivity contribution in [3.63, 3.8) is 0 Å². The number of hydrogen-bond acceptors (Lipinski definition) is 8. The van der Waals surface area contributed by atoms with Crippen molar-refractivity contribution in [1.82, 2.24) is 20.2 Å². The first-order chi connectivity index (χ1) is 22.0. The molecule has 3 aliphatic rings. The van der Waals surface area contributed by atoms with E-state index in [1.165, 1.54) is 6.33 Å². The molecule has 3 N–H and O–H groups in total. The number of nitrogens with zero attached hydrogens (tertiary/aromatic N) is 4. The lowest BCUT2D eigenvalue weighted by Gasteiger charge is -2.33. The summed E-state index contributed by atoms with van der Waals surface area (Å²) in [5.74, 6) is 1.87. The zero-order valence-corrected chi connectivity index (χ0v) is 25.7. The van der Waals surface area contributed by atoms with E-state index in [2.05, 4.69) is 32.0 Å². The third-order valence-electron chi connectivity index (χ3n) is 8.66. The van der Waals surface area contributed by atoms with Crippen LogP contribution in [0.15, 0.2) is 60.4 Å². The highest BCUT2D eigenvalue weighted by Gasteiger charge is 2.31. The van der Waals surface area contributed by atoms with Gasteiger partial charge in [0.1, 0.15) is 35.9 Å². The number of carbonyl (C=O) groups is 2. The fourth-order valence-electron chi connectivity index (χ4n) is 6.19. The van der Waals surface area contributed by atoms with Gasteiger partial charge in [-0.15, -0.1) is 0 Å². The molecule has 6 rings (SSSR count). The first-order valence-electron chi connectivity index (χ1n) is 15.6. The lowest BCUT2D eigenvalue weighted by Crippen LogP contribution is -2.44. The van der Waals surface area contributed by atoms with Gasteiger partial charge in [-0.05, 0) is 49.1 Å². The number of rotatable bonds is 8. The number of anilines is 3. The molecule has 1 unspecified atom stereocenters. The minimum Gasteiger partial charge on any atom is -0.489 e. The van der Waals surface area contributed by atoms with Crippen molar-refractivity contribution in [2.45, 2.75) is 57.1 Å². The summed E-state index contributed by atoms with van der Waals surface area (Å²) >= 11 is 6.66. The Morgan fingerprint density at radius 2 is 1.84 bits per heavy atom. The van der Waals surface area contributed by atoms with Gasteiger partial charge in [-0.3, -0.25) is 9.59 Å². The van der Waals surface area contributed by atoms with Gasteiger partial charge in [0.05, 0.1) is 16.7 Å². The summed E-state index contributed by atoms with van der Waals surface area (Å²) in [5, 5.41) is 19.6. The highest BCUT2D eigenvalue weighted by molar-refractivity contribution is 6.32. The Balaban J connectivity index is 1.11. The Morgan fingerprint density at radius 3 is 2.58 bits per heavy atom. The van der Waals surface area contributed by atoms with E-state index in [9.17, 15) is 14.9 Å². The molecule has 2 aromatic carbocycles. The van der Waals surface area contributed by atoms with Crippen LogP contribution in [0, 0.1) is 17.2 Å². The number of hydrogen-bond donors (Lipinski definition) is 3. The molecule has 0 radical (unpaired) electrons. The summed E-state index contributed by atoms with van der Waals surface area (Å²) in [4.78, 5) is 36.9. The topological polar surface area (TPSA) is 132 Å². The SMILES string of the molecule is N#CC(NC(=O)C1=Cc2c(ncnc2Nc2ccc(OC3CCN(C(=O)C4CCCC4)CC3)c(Cl)c2)NCC1)c1ccccc1. The van der Waals surface area contributed by atoms with Gasteiger partial charge in [0.25, 0.3) is 0 Å². The van der Waals surface area contributed by atoms with Crippen LogP contribution in [-0.2, 0) is 9.59 Å². The number of carbonyl (C=O) groups excluding carboxylic acids is 2. The molecule has 2 fully saturated rings. The number of nitriles is 1. The predicted octanol–water partition coefficient (Wildman–Crippen LogP) is 6.01.